The lowest BCUT2D eigenvalue weighted by atomic mass is 10.3. The number of carbonyl (C=O) groups is 1. The lowest BCUT2D eigenvalue weighted by molar-refractivity contribution is -0.131. The molecule has 0 radical (unpaired) electrons. The molecular weight excluding hydrogens is 282 g/mol. The summed E-state index contributed by atoms with van der Waals surface area (Å²) in [7, 11) is 0. The van der Waals surface area contributed by atoms with Crippen LogP contribution in [0.25, 0.3) is 0 Å². The highest BCUT2D eigenvalue weighted by Crippen LogP contribution is 2.14. The summed E-state index contributed by atoms with van der Waals surface area (Å²) in [6.45, 7) is 2.96. The molecule has 0 bridgehead atoms. The third-order valence-electron chi connectivity index (χ3n) is 2.56. The van der Waals surface area contributed by atoms with Gasteiger partial charge < -0.3 is 14.4 Å². The largest absolute Gasteiger partial charge is 0.426 e. The Bertz CT molecular complexity index is 433. The molecule has 0 aliphatic carbocycles. The van der Waals surface area contributed by atoms with Gasteiger partial charge in [0.15, 0.2) is 0 Å². The van der Waals surface area contributed by atoms with Crippen LogP contribution < -0.4 is 4.74 Å². The first-order chi connectivity index (χ1) is 9.25. The second kappa shape index (κ2) is 7.47. The number of ether oxygens (including phenoxy) is 2. The molecule has 1 heterocycles. The van der Waals surface area contributed by atoms with Gasteiger partial charge in [0.25, 0.3) is 0 Å². The van der Waals surface area contributed by atoms with Crippen molar-refractivity contribution in [1.29, 1.82) is 0 Å². The molecule has 1 aliphatic rings. The molecule has 6 heteroatoms. The lowest BCUT2D eigenvalue weighted by Crippen LogP contribution is -2.38. The number of hydrogen-bond donors (Lipinski definition) is 0. The van der Waals surface area contributed by atoms with Crippen molar-refractivity contribution in [2.45, 2.75) is 0 Å². The molecule has 1 aliphatic heterocycles. The first kappa shape index (κ1) is 14.3. The summed E-state index contributed by atoms with van der Waals surface area (Å²) < 4.78 is 11.2. The number of benzene rings is 1. The van der Waals surface area contributed by atoms with Crippen LogP contribution in [0.15, 0.2) is 30.3 Å². The summed E-state index contributed by atoms with van der Waals surface area (Å²) in [4.78, 5) is 13.7. The average Bonchev–Trinajstić information content (AvgIpc) is 2.47. The molecule has 19 heavy (non-hydrogen) atoms. The van der Waals surface area contributed by atoms with Gasteiger partial charge in [-0.1, -0.05) is 42.2 Å². The van der Waals surface area contributed by atoms with Crippen LogP contribution >= 0.6 is 24.0 Å². The van der Waals surface area contributed by atoms with Gasteiger partial charge in [-0.05, 0) is 12.1 Å². The Morgan fingerprint density at radius 3 is 2.68 bits per heavy atom. The van der Waals surface area contributed by atoms with Gasteiger partial charge in [0, 0.05) is 13.1 Å². The Hall–Kier alpha value is -1.11. The van der Waals surface area contributed by atoms with E-state index in [1.807, 2.05) is 18.2 Å². The van der Waals surface area contributed by atoms with Gasteiger partial charge in [-0.3, -0.25) is 4.79 Å². The smallest absolute Gasteiger partial charge is 0.321 e. The van der Waals surface area contributed by atoms with Crippen molar-refractivity contribution in [2.24, 2.45) is 0 Å². The van der Waals surface area contributed by atoms with Crippen LogP contribution in [0.1, 0.15) is 0 Å². The number of thiocarbonyl (C=S) groups is 1. The minimum Gasteiger partial charge on any atom is -0.426 e. The maximum absolute atomic E-state index is 11.7. The number of esters is 1. The second-order valence-corrected chi connectivity index (χ2v) is 5.55. The van der Waals surface area contributed by atoms with Crippen molar-refractivity contribution in [3.63, 3.8) is 0 Å². The second-order valence-electron chi connectivity index (χ2n) is 3.94. The van der Waals surface area contributed by atoms with Crippen LogP contribution in [0.4, 0.5) is 0 Å². The summed E-state index contributed by atoms with van der Waals surface area (Å²) in [5.41, 5.74) is 0. The minimum absolute atomic E-state index is 0.227. The molecule has 0 spiro atoms. The summed E-state index contributed by atoms with van der Waals surface area (Å²) in [5, 5.41) is 0. The average molecular weight is 297 g/mol. The van der Waals surface area contributed by atoms with E-state index in [1.165, 1.54) is 11.8 Å². The number of hydrogen-bond acceptors (Lipinski definition) is 5. The van der Waals surface area contributed by atoms with Crippen LogP contribution in [0.5, 0.6) is 5.75 Å². The summed E-state index contributed by atoms with van der Waals surface area (Å²) in [5.74, 6) is 0.502. The molecule has 1 aromatic carbocycles. The number of para-hydroxylation sites is 1. The topological polar surface area (TPSA) is 38.8 Å². The van der Waals surface area contributed by atoms with Gasteiger partial charge in [-0.25, -0.2) is 0 Å². The van der Waals surface area contributed by atoms with Gasteiger partial charge in [-0.2, -0.15) is 0 Å². The Labute approximate surface area is 122 Å². The van der Waals surface area contributed by atoms with Crippen molar-refractivity contribution in [3.05, 3.63) is 30.3 Å². The Morgan fingerprint density at radius 1 is 1.32 bits per heavy atom. The van der Waals surface area contributed by atoms with E-state index in [1.54, 1.807) is 12.1 Å². The van der Waals surface area contributed by atoms with E-state index in [2.05, 4.69) is 4.90 Å². The van der Waals surface area contributed by atoms with E-state index in [0.717, 1.165) is 17.4 Å². The van der Waals surface area contributed by atoms with Gasteiger partial charge in [0.1, 0.15) is 10.1 Å². The zero-order valence-electron chi connectivity index (χ0n) is 10.4. The Kier molecular flexibility index (Phi) is 5.62. The quantitative estimate of drug-likeness (QED) is 0.482. The van der Waals surface area contributed by atoms with Crippen molar-refractivity contribution >= 4 is 34.3 Å². The maximum Gasteiger partial charge on any atom is 0.321 e. The van der Waals surface area contributed by atoms with Crippen LogP contribution in [0, 0.1) is 0 Å². The van der Waals surface area contributed by atoms with Crippen molar-refractivity contribution in [2.75, 3.05) is 32.1 Å². The van der Waals surface area contributed by atoms with E-state index >= 15 is 0 Å². The van der Waals surface area contributed by atoms with Gasteiger partial charge >= 0.3 is 5.97 Å². The fourth-order valence-electron chi connectivity index (χ4n) is 1.61. The zero-order valence-corrected chi connectivity index (χ0v) is 12.0. The minimum atomic E-state index is -0.285. The standard InChI is InChI=1S/C13H15NO3S2/c15-12(17-11-4-2-1-3-5-11)10-19-13(18)14-6-8-16-9-7-14/h1-5H,6-10H2. The van der Waals surface area contributed by atoms with Crippen LogP contribution in [-0.2, 0) is 9.53 Å². The highest BCUT2D eigenvalue weighted by molar-refractivity contribution is 8.23. The molecule has 1 aromatic rings. The fourth-order valence-corrected chi connectivity index (χ4v) is 2.63. The number of morpholine rings is 1. The normalized spacial score (nSPS) is 15.1. The number of thioether (sulfide) groups is 1. The molecule has 1 fully saturated rings. The van der Waals surface area contributed by atoms with Crippen LogP contribution in [0.3, 0.4) is 0 Å². The van der Waals surface area contributed by atoms with Crippen LogP contribution in [-0.4, -0.2) is 47.2 Å². The predicted molar refractivity (Wildman–Crippen MR) is 79.5 cm³/mol. The number of nitrogens with zero attached hydrogens (tertiary/aromatic N) is 1. The molecule has 4 nitrogen and oxygen atoms in total. The molecule has 0 saturated carbocycles. The molecular formula is C13H15NO3S2. The van der Waals surface area contributed by atoms with Crippen molar-refractivity contribution in [3.8, 4) is 5.75 Å². The lowest BCUT2D eigenvalue weighted by Gasteiger charge is -2.28. The highest BCUT2D eigenvalue weighted by Gasteiger charge is 2.15. The molecule has 0 atom stereocenters. The first-order valence-corrected chi connectivity index (χ1v) is 7.40. The highest BCUT2D eigenvalue weighted by atomic mass is 32.2. The summed E-state index contributed by atoms with van der Waals surface area (Å²) in [6.07, 6.45) is 0. The van der Waals surface area contributed by atoms with E-state index in [0.29, 0.717) is 19.0 Å². The SMILES string of the molecule is O=C(CSC(=S)N1CCOCC1)Oc1ccccc1. The van der Waals surface area contributed by atoms with Gasteiger partial charge in [0.2, 0.25) is 0 Å². The van der Waals surface area contributed by atoms with E-state index < -0.39 is 0 Å². The van der Waals surface area contributed by atoms with Gasteiger partial charge in [-0.15, -0.1) is 0 Å². The molecule has 2 rings (SSSR count). The molecule has 0 amide bonds. The summed E-state index contributed by atoms with van der Waals surface area (Å²) in [6, 6.07) is 9.04. The molecule has 0 unspecified atom stereocenters. The number of rotatable bonds is 3. The predicted octanol–water partition coefficient (Wildman–Crippen LogP) is 1.94. The van der Waals surface area contributed by atoms with E-state index in [4.69, 9.17) is 21.7 Å². The Balaban J connectivity index is 1.72. The van der Waals surface area contributed by atoms with Gasteiger partial charge in [0.05, 0.1) is 19.0 Å². The summed E-state index contributed by atoms with van der Waals surface area (Å²) >= 11 is 6.62. The zero-order chi connectivity index (χ0) is 13.5. The molecule has 1 saturated heterocycles. The van der Waals surface area contributed by atoms with Crippen molar-refractivity contribution < 1.29 is 14.3 Å². The van der Waals surface area contributed by atoms with Crippen molar-refractivity contribution in [1.82, 2.24) is 4.90 Å². The van der Waals surface area contributed by atoms with E-state index in [-0.39, 0.29) is 11.7 Å². The maximum atomic E-state index is 11.7. The molecule has 0 aromatic heterocycles. The third-order valence-corrected chi connectivity index (χ3v) is 4.05. The monoisotopic (exact) mass is 297 g/mol. The van der Waals surface area contributed by atoms with E-state index in [9.17, 15) is 4.79 Å². The van der Waals surface area contributed by atoms with Crippen LogP contribution in [0.2, 0.25) is 0 Å². The fraction of sp³-hybridized carbons (Fsp3) is 0.385. The first-order valence-electron chi connectivity index (χ1n) is 6.01. The Morgan fingerprint density at radius 2 is 2.00 bits per heavy atom. The number of carbonyl (C=O) groups excluding carboxylic acids is 1. The molecule has 102 valence electrons. The molecule has 0 N–H and O–H groups in total. The third kappa shape index (κ3) is 4.81.